The number of aryl methyl sites for hydroxylation is 1. The number of ether oxygens (including phenoxy) is 1. The number of aromatic carboxylic acids is 1. The highest BCUT2D eigenvalue weighted by Crippen LogP contribution is 2.11. The van der Waals surface area contributed by atoms with Gasteiger partial charge in [0.15, 0.2) is 0 Å². The van der Waals surface area contributed by atoms with Crippen LogP contribution in [-0.4, -0.2) is 65.3 Å². The molecule has 2 heterocycles. The van der Waals surface area contributed by atoms with Crippen LogP contribution >= 0.6 is 0 Å². The normalized spacial score (nSPS) is 16.1. The van der Waals surface area contributed by atoms with E-state index in [1.54, 1.807) is 6.92 Å². The topological polar surface area (TPSA) is 91.8 Å². The second kappa shape index (κ2) is 7.06. The van der Waals surface area contributed by atoms with Gasteiger partial charge in [0, 0.05) is 25.2 Å². The maximum atomic E-state index is 12.4. The van der Waals surface area contributed by atoms with Crippen LogP contribution < -0.4 is 5.32 Å². The summed E-state index contributed by atoms with van der Waals surface area (Å²) >= 11 is 0. The molecule has 0 atom stereocenters. The van der Waals surface area contributed by atoms with Crippen LogP contribution in [0.3, 0.4) is 0 Å². The summed E-state index contributed by atoms with van der Waals surface area (Å²) in [6, 6.07) is 2.85. The number of pyridine rings is 1. The predicted molar refractivity (Wildman–Crippen MR) is 84.7 cm³/mol. The Morgan fingerprint density at radius 3 is 2.57 bits per heavy atom. The molecule has 23 heavy (non-hydrogen) atoms. The molecule has 2 rings (SSSR count). The maximum absolute atomic E-state index is 12.4. The molecule has 0 aromatic carbocycles. The Hall–Kier alpha value is -1.99. The third-order valence-electron chi connectivity index (χ3n) is 3.72. The van der Waals surface area contributed by atoms with E-state index in [4.69, 9.17) is 9.84 Å². The summed E-state index contributed by atoms with van der Waals surface area (Å²) in [4.78, 5) is 29.7. The Kier molecular flexibility index (Phi) is 5.33. The largest absolute Gasteiger partial charge is 0.478 e. The lowest BCUT2D eigenvalue weighted by atomic mass is 10.0. The number of carbonyl (C=O) groups excluding carboxylic acids is 1. The molecule has 1 fully saturated rings. The molecule has 7 nitrogen and oxygen atoms in total. The molecular weight excluding hydrogens is 298 g/mol. The fourth-order valence-electron chi connectivity index (χ4n) is 2.64. The lowest BCUT2D eigenvalue weighted by Crippen LogP contribution is -2.53. The van der Waals surface area contributed by atoms with E-state index in [2.05, 4.69) is 15.2 Å². The van der Waals surface area contributed by atoms with E-state index in [0.717, 1.165) is 13.1 Å². The first-order valence-corrected chi connectivity index (χ1v) is 7.62. The van der Waals surface area contributed by atoms with Crippen molar-refractivity contribution in [2.24, 2.45) is 0 Å². The molecule has 1 aromatic rings. The van der Waals surface area contributed by atoms with E-state index >= 15 is 0 Å². The molecule has 0 spiro atoms. The van der Waals surface area contributed by atoms with Gasteiger partial charge in [-0.3, -0.25) is 9.69 Å². The van der Waals surface area contributed by atoms with Gasteiger partial charge in [-0.2, -0.15) is 0 Å². The number of nitrogens with zero attached hydrogens (tertiary/aromatic N) is 2. The molecule has 0 radical (unpaired) electrons. The zero-order valence-electron chi connectivity index (χ0n) is 13.8. The Morgan fingerprint density at radius 1 is 1.35 bits per heavy atom. The Bertz CT molecular complexity index is 595. The number of amides is 1. The standard InChI is InChI=1S/C16H23N3O4/c1-11-12(15(21)22)4-5-13(17-11)14(20)18-16(2,3)10-19-6-8-23-9-7-19/h4-5H,6-10H2,1-3H3,(H,18,20)(H,21,22). The van der Waals surface area contributed by atoms with Gasteiger partial charge in [-0.25, -0.2) is 9.78 Å². The summed E-state index contributed by atoms with van der Waals surface area (Å²) in [7, 11) is 0. The number of carboxylic acid groups (broad SMARTS) is 1. The number of hydrogen-bond donors (Lipinski definition) is 2. The zero-order chi connectivity index (χ0) is 17.0. The van der Waals surface area contributed by atoms with E-state index in [1.807, 2.05) is 13.8 Å². The van der Waals surface area contributed by atoms with E-state index < -0.39 is 11.5 Å². The summed E-state index contributed by atoms with van der Waals surface area (Å²) in [5.41, 5.74) is 0.239. The monoisotopic (exact) mass is 321 g/mol. The quantitative estimate of drug-likeness (QED) is 0.838. The van der Waals surface area contributed by atoms with E-state index in [-0.39, 0.29) is 17.2 Å². The first kappa shape index (κ1) is 17.4. The summed E-state index contributed by atoms with van der Waals surface area (Å²) in [6.45, 7) is 9.34. The SMILES string of the molecule is Cc1nc(C(=O)NC(C)(C)CN2CCOCC2)ccc1C(=O)O. The number of hydrogen-bond acceptors (Lipinski definition) is 5. The van der Waals surface area contributed by atoms with E-state index in [1.165, 1.54) is 12.1 Å². The molecule has 1 aliphatic heterocycles. The third kappa shape index (κ3) is 4.74. The molecular formula is C16H23N3O4. The Labute approximate surface area is 135 Å². The van der Waals surface area contributed by atoms with E-state index in [0.29, 0.717) is 25.5 Å². The van der Waals surface area contributed by atoms with Gasteiger partial charge in [-0.15, -0.1) is 0 Å². The number of carbonyl (C=O) groups is 2. The average Bonchev–Trinajstić information content (AvgIpc) is 2.46. The Balaban J connectivity index is 2.02. The highest BCUT2D eigenvalue weighted by Gasteiger charge is 2.26. The summed E-state index contributed by atoms with van der Waals surface area (Å²) in [5.74, 6) is -1.35. The number of nitrogens with one attached hydrogen (secondary N) is 1. The second-order valence-corrected chi connectivity index (χ2v) is 6.36. The van der Waals surface area contributed by atoms with Crippen molar-refractivity contribution in [2.75, 3.05) is 32.8 Å². The van der Waals surface area contributed by atoms with Crippen LogP contribution in [0.15, 0.2) is 12.1 Å². The van der Waals surface area contributed by atoms with Crippen molar-refractivity contribution in [3.63, 3.8) is 0 Å². The van der Waals surface area contributed by atoms with Crippen LogP contribution in [0.25, 0.3) is 0 Å². The van der Waals surface area contributed by atoms with Gasteiger partial charge in [0.05, 0.1) is 24.5 Å². The molecule has 126 valence electrons. The minimum atomic E-state index is -1.05. The van der Waals surface area contributed by atoms with Crippen LogP contribution in [-0.2, 0) is 4.74 Å². The van der Waals surface area contributed by atoms with Gasteiger partial charge < -0.3 is 15.2 Å². The van der Waals surface area contributed by atoms with Crippen LogP contribution in [0.4, 0.5) is 0 Å². The van der Waals surface area contributed by atoms with Crippen molar-refractivity contribution in [1.29, 1.82) is 0 Å². The summed E-state index contributed by atoms with van der Waals surface area (Å²) in [5, 5.41) is 12.0. The lowest BCUT2D eigenvalue weighted by Gasteiger charge is -2.35. The number of aromatic nitrogens is 1. The van der Waals surface area contributed by atoms with Gasteiger partial charge in [0.1, 0.15) is 5.69 Å². The zero-order valence-corrected chi connectivity index (χ0v) is 13.8. The highest BCUT2D eigenvalue weighted by molar-refractivity contribution is 5.94. The van der Waals surface area contributed by atoms with Crippen LogP contribution in [0.5, 0.6) is 0 Å². The molecule has 0 unspecified atom stereocenters. The van der Waals surface area contributed by atoms with E-state index in [9.17, 15) is 9.59 Å². The van der Waals surface area contributed by atoms with Gasteiger partial charge in [-0.1, -0.05) is 0 Å². The molecule has 1 saturated heterocycles. The Morgan fingerprint density at radius 2 is 2.00 bits per heavy atom. The third-order valence-corrected chi connectivity index (χ3v) is 3.72. The molecule has 1 aliphatic rings. The molecule has 1 aromatic heterocycles. The molecule has 0 aliphatic carbocycles. The maximum Gasteiger partial charge on any atom is 0.337 e. The minimum absolute atomic E-state index is 0.106. The first-order chi connectivity index (χ1) is 10.8. The molecule has 1 amide bonds. The van der Waals surface area contributed by atoms with Crippen LogP contribution in [0.2, 0.25) is 0 Å². The van der Waals surface area contributed by atoms with Crippen LogP contribution in [0.1, 0.15) is 40.4 Å². The number of rotatable bonds is 5. The lowest BCUT2D eigenvalue weighted by molar-refractivity contribution is 0.0268. The average molecular weight is 321 g/mol. The minimum Gasteiger partial charge on any atom is -0.478 e. The molecule has 2 N–H and O–H groups in total. The van der Waals surface area contributed by atoms with Gasteiger partial charge >= 0.3 is 5.97 Å². The van der Waals surface area contributed by atoms with Crippen molar-refractivity contribution < 1.29 is 19.4 Å². The predicted octanol–water partition coefficient (Wildman–Crippen LogP) is 0.929. The van der Waals surface area contributed by atoms with Crippen molar-refractivity contribution >= 4 is 11.9 Å². The highest BCUT2D eigenvalue weighted by atomic mass is 16.5. The fraction of sp³-hybridized carbons (Fsp3) is 0.562. The first-order valence-electron chi connectivity index (χ1n) is 7.62. The van der Waals surface area contributed by atoms with Crippen molar-refractivity contribution in [3.05, 3.63) is 29.1 Å². The summed E-state index contributed by atoms with van der Waals surface area (Å²) < 4.78 is 5.32. The van der Waals surface area contributed by atoms with Crippen LogP contribution in [0, 0.1) is 6.92 Å². The summed E-state index contributed by atoms with van der Waals surface area (Å²) in [6.07, 6.45) is 0. The fourth-order valence-corrected chi connectivity index (χ4v) is 2.64. The molecule has 0 bridgehead atoms. The smallest absolute Gasteiger partial charge is 0.337 e. The van der Waals surface area contributed by atoms with Gasteiger partial charge in [0.25, 0.3) is 5.91 Å². The van der Waals surface area contributed by atoms with Gasteiger partial charge in [0.2, 0.25) is 0 Å². The molecule has 0 saturated carbocycles. The number of morpholine rings is 1. The number of carboxylic acids is 1. The molecule has 7 heteroatoms. The van der Waals surface area contributed by atoms with Crippen molar-refractivity contribution in [3.8, 4) is 0 Å². The van der Waals surface area contributed by atoms with Crippen molar-refractivity contribution in [2.45, 2.75) is 26.3 Å². The van der Waals surface area contributed by atoms with Crippen molar-refractivity contribution in [1.82, 2.24) is 15.2 Å². The van der Waals surface area contributed by atoms with Gasteiger partial charge in [-0.05, 0) is 32.9 Å². The second-order valence-electron chi connectivity index (χ2n) is 6.36.